The van der Waals surface area contributed by atoms with Crippen molar-refractivity contribution in [3.05, 3.63) is 0 Å². The molecule has 2 N–H and O–H groups in total. The molecule has 0 aromatic heterocycles. The maximum atomic E-state index is 13.7. The Kier molecular flexibility index (Phi) is 7.03. The van der Waals surface area contributed by atoms with E-state index in [0.29, 0.717) is 12.5 Å². The quantitative estimate of drug-likeness (QED) is 0.787. The molecular formula is C16H30F2N2O2. The summed E-state index contributed by atoms with van der Waals surface area (Å²) in [6.07, 6.45) is 3.77. The van der Waals surface area contributed by atoms with Crippen LogP contribution in [0.3, 0.4) is 0 Å². The van der Waals surface area contributed by atoms with Gasteiger partial charge in [-0.1, -0.05) is 19.8 Å². The molecule has 0 spiro atoms. The molecule has 0 heterocycles. The van der Waals surface area contributed by atoms with E-state index in [1.54, 1.807) is 20.8 Å². The summed E-state index contributed by atoms with van der Waals surface area (Å²) in [5.41, 5.74) is -0.685. The highest BCUT2D eigenvalue weighted by atomic mass is 19.3. The SMILES string of the molecule is CC1CCC(CNCC(F)(F)CNC(=O)OC(C)(C)C)CC1. The monoisotopic (exact) mass is 320 g/mol. The number of carbonyl (C=O) groups is 1. The number of ether oxygens (including phenoxy) is 1. The summed E-state index contributed by atoms with van der Waals surface area (Å²) in [4.78, 5) is 11.4. The van der Waals surface area contributed by atoms with Crippen LogP contribution in [0.25, 0.3) is 0 Å². The van der Waals surface area contributed by atoms with Gasteiger partial charge in [-0.05, 0) is 52.0 Å². The largest absolute Gasteiger partial charge is 0.444 e. The molecule has 0 aliphatic heterocycles. The van der Waals surface area contributed by atoms with Crippen LogP contribution in [-0.4, -0.2) is 37.3 Å². The molecule has 1 aliphatic carbocycles. The number of rotatable bonds is 6. The minimum Gasteiger partial charge on any atom is -0.444 e. The lowest BCUT2D eigenvalue weighted by Crippen LogP contribution is -2.45. The number of nitrogens with one attached hydrogen (secondary N) is 2. The molecular weight excluding hydrogens is 290 g/mol. The van der Waals surface area contributed by atoms with Gasteiger partial charge in [0.15, 0.2) is 0 Å². The van der Waals surface area contributed by atoms with Crippen LogP contribution in [0.15, 0.2) is 0 Å². The first-order chi connectivity index (χ1) is 10.1. The molecule has 0 unspecified atom stereocenters. The number of halogens is 2. The molecule has 0 aromatic rings. The third kappa shape index (κ3) is 8.51. The standard InChI is InChI=1S/C16H30F2N2O2/c1-12-5-7-13(8-6-12)9-19-10-16(17,18)11-20-14(21)22-15(2,3)4/h12-13,19H,5-11H2,1-4H3,(H,20,21). The van der Waals surface area contributed by atoms with Gasteiger partial charge >= 0.3 is 6.09 Å². The summed E-state index contributed by atoms with van der Waals surface area (Å²) in [6.45, 7) is 6.80. The molecule has 4 nitrogen and oxygen atoms in total. The van der Waals surface area contributed by atoms with Crippen molar-refractivity contribution in [1.82, 2.24) is 10.6 Å². The second kappa shape index (κ2) is 8.09. The summed E-state index contributed by atoms with van der Waals surface area (Å²) >= 11 is 0. The van der Waals surface area contributed by atoms with Gasteiger partial charge in [-0.2, -0.15) is 0 Å². The van der Waals surface area contributed by atoms with Crippen molar-refractivity contribution in [3.8, 4) is 0 Å². The minimum atomic E-state index is -2.97. The van der Waals surface area contributed by atoms with Crippen LogP contribution >= 0.6 is 0 Å². The van der Waals surface area contributed by atoms with Gasteiger partial charge in [0, 0.05) is 0 Å². The van der Waals surface area contributed by atoms with Crippen molar-refractivity contribution in [2.45, 2.75) is 64.9 Å². The van der Waals surface area contributed by atoms with Crippen LogP contribution < -0.4 is 10.6 Å². The lowest BCUT2D eigenvalue weighted by molar-refractivity contribution is -0.00439. The van der Waals surface area contributed by atoms with E-state index in [0.717, 1.165) is 18.8 Å². The molecule has 22 heavy (non-hydrogen) atoms. The Morgan fingerprint density at radius 3 is 2.27 bits per heavy atom. The third-order valence-corrected chi connectivity index (χ3v) is 3.84. The molecule has 1 amide bonds. The molecule has 1 fully saturated rings. The van der Waals surface area contributed by atoms with Crippen LogP contribution in [0.2, 0.25) is 0 Å². The molecule has 1 rings (SSSR count). The molecule has 0 aromatic carbocycles. The molecule has 0 saturated heterocycles. The molecule has 0 radical (unpaired) electrons. The summed E-state index contributed by atoms with van der Waals surface area (Å²) in [6, 6.07) is 0. The van der Waals surface area contributed by atoms with Crippen LogP contribution in [0, 0.1) is 11.8 Å². The van der Waals surface area contributed by atoms with Gasteiger partial charge in [0.05, 0.1) is 13.1 Å². The van der Waals surface area contributed by atoms with Crippen molar-refractivity contribution in [2.24, 2.45) is 11.8 Å². The van der Waals surface area contributed by atoms with Crippen molar-refractivity contribution in [3.63, 3.8) is 0 Å². The van der Waals surface area contributed by atoms with Crippen molar-refractivity contribution >= 4 is 6.09 Å². The molecule has 1 saturated carbocycles. The number of amides is 1. The first-order valence-corrected chi connectivity index (χ1v) is 8.13. The van der Waals surface area contributed by atoms with Crippen LogP contribution in [-0.2, 0) is 4.74 Å². The normalized spacial score (nSPS) is 23.2. The van der Waals surface area contributed by atoms with E-state index >= 15 is 0 Å². The Balaban J connectivity index is 2.19. The zero-order chi connectivity index (χ0) is 16.8. The highest BCUT2D eigenvalue weighted by molar-refractivity contribution is 5.67. The predicted octanol–water partition coefficient (Wildman–Crippen LogP) is 3.56. The molecule has 1 aliphatic rings. The van der Waals surface area contributed by atoms with Crippen molar-refractivity contribution in [1.29, 1.82) is 0 Å². The zero-order valence-electron chi connectivity index (χ0n) is 14.2. The Morgan fingerprint density at radius 2 is 1.73 bits per heavy atom. The number of carbonyl (C=O) groups excluding carboxylic acids is 1. The molecule has 0 atom stereocenters. The van der Waals surface area contributed by atoms with Gasteiger partial charge < -0.3 is 15.4 Å². The molecule has 130 valence electrons. The number of hydrogen-bond acceptors (Lipinski definition) is 3. The van der Waals surface area contributed by atoms with Crippen LogP contribution in [0.4, 0.5) is 13.6 Å². The summed E-state index contributed by atoms with van der Waals surface area (Å²) in [5, 5.41) is 4.96. The first kappa shape index (κ1) is 19.1. The van der Waals surface area contributed by atoms with E-state index in [2.05, 4.69) is 17.6 Å². The van der Waals surface area contributed by atoms with Crippen LogP contribution in [0.5, 0.6) is 0 Å². The number of alkyl carbamates (subject to hydrolysis) is 1. The highest BCUT2D eigenvalue weighted by Gasteiger charge is 2.30. The van der Waals surface area contributed by atoms with E-state index < -0.39 is 30.7 Å². The Bertz CT molecular complexity index is 349. The van der Waals surface area contributed by atoms with Crippen molar-refractivity contribution in [2.75, 3.05) is 19.6 Å². The lowest BCUT2D eigenvalue weighted by atomic mass is 9.83. The van der Waals surface area contributed by atoms with Gasteiger partial charge in [-0.25, -0.2) is 13.6 Å². The zero-order valence-corrected chi connectivity index (χ0v) is 14.2. The summed E-state index contributed by atoms with van der Waals surface area (Å²) in [5.74, 6) is -1.72. The van der Waals surface area contributed by atoms with E-state index in [4.69, 9.17) is 4.74 Å². The summed E-state index contributed by atoms with van der Waals surface area (Å²) < 4.78 is 32.3. The fourth-order valence-electron chi connectivity index (χ4n) is 2.57. The maximum Gasteiger partial charge on any atom is 0.407 e. The van der Waals surface area contributed by atoms with E-state index in [-0.39, 0.29) is 0 Å². The maximum absolute atomic E-state index is 13.7. The minimum absolute atomic E-state index is 0.422. The lowest BCUT2D eigenvalue weighted by Gasteiger charge is -2.27. The van der Waals surface area contributed by atoms with E-state index in [1.165, 1.54) is 12.8 Å². The average molecular weight is 320 g/mol. The van der Waals surface area contributed by atoms with Gasteiger partial charge in [0.1, 0.15) is 5.60 Å². The van der Waals surface area contributed by atoms with E-state index in [9.17, 15) is 13.6 Å². The smallest absolute Gasteiger partial charge is 0.407 e. The second-order valence-corrected chi connectivity index (χ2v) is 7.47. The van der Waals surface area contributed by atoms with Gasteiger partial charge in [0.25, 0.3) is 5.92 Å². The third-order valence-electron chi connectivity index (χ3n) is 3.84. The van der Waals surface area contributed by atoms with Gasteiger partial charge in [0.2, 0.25) is 0 Å². The fraction of sp³-hybridized carbons (Fsp3) is 0.938. The van der Waals surface area contributed by atoms with Gasteiger partial charge in [-0.3, -0.25) is 0 Å². The number of alkyl halides is 2. The van der Waals surface area contributed by atoms with E-state index in [1.807, 2.05) is 0 Å². The highest BCUT2D eigenvalue weighted by Crippen LogP contribution is 2.27. The van der Waals surface area contributed by atoms with Gasteiger partial charge in [-0.15, -0.1) is 0 Å². The fourth-order valence-corrected chi connectivity index (χ4v) is 2.57. The summed E-state index contributed by atoms with van der Waals surface area (Å²) in [7, 11) is 0. The average Bonchev–Trinajstić information content (AvgIpc) is 2.37. The Morgan fingerprint density at radius 1 is 1.14 bits per heavy atom. The topological polar surface area (TPSA) is 50.4 Å². The van der Waals surface area contributed by atoms with Crippen LogP contribution in [0.1, 0.15) is 53.4 Å². The molecule has 6 heteroatoms. The molecule has 0 bridgehead atoms. The predicted molar refractivity (Wildman–Crippen MR) is 83.2 cm³/mol. The Labute approximate surface area is 132 Å². The number of hydrogen-bond donors (Lipinski definition) is 2. The first-order valence-electron chi connectivity index (χ1n) is 8.13. The Hall–Kier alpha value is -0.910. The second-order valence-electron chi connectivity index (χ2n) is 7.47. The van der Waals surface area contributed by atoms with Crippen molar-refractivity contribution < 1.29 is 18.3 Å².